The molecule has 0 saturated heterocycles. The first-order valence-electron chi connectivity index (χ1n) is 5.34. The number of nitrogens with zero attached hydrogens (tertiary/aromatic N) is 2. The predicted octanol–water partition coefficient (Wildman–Crippen LogP) is 2.53. The van der Waals surface area contributed by atoms with Gasteiger partial charge in [-0.2, -0.15) is 8.78 Å². The average molecular weight is 266 g/mol. The largest absolute Gasteiger partial charge is 0.370 e. The van der Waals surface area contributed by atoms with Crippen molar-refractivity contribution in [2.75, 3.05) is 23.7 Å². The summed E-state index contributed by atoms with van der Waals surface area (Å²) in [5.74, 6) is -3.19. The highest BCUT2D eigenvalue weighted by Crippen LogP contribution is 2.23. The smallest absolute Gasteiger partial charge is 0.324 e. The van der Waals surface area contributed by atoms with Crippen LogP contribution in [0.1, 0.15) is 12.7 Å². The van der Waals surface area contributed by atoms with Crippen LogP contribution in [0.3, 0.4) is 0 Å². The molecule has 0 bridgehead atoms. The number of halogens is 4. The Kier molecular flexibility index (Phi) is 4.69. The van der Waals surface area contributed by atoms with Crippen molar-refractivity contribution in [3.05, 3.63) is 11.9 Å². The molecule has 8 heteroatoms. The summed E-state index contributed by atoms with van der Waals surface area (Å²) in [6.45, 7) is 2.85. The van der Waals surface area contributed by atoms with E-state index in [9.17, 15) is 17.6 Å². The van der Waals surface area contributed by atoms with E-state index in [1.54, 1.807) is 6.92 Å². The summed E-state index contributed by atoms with van der Waals surface area (Å²) in [4.78, 5) is 7.84. The molecule has 102 valence electrons. The van der Waals surface area contributed by atoms with E-state index in [1.165, 1.54) is 6.07 Å². The third-order valence-electron chi connectivity index (χ3n) is 2.02. The van der Waals surface area contributed by atoms with E-state index in [2.05, 4.69) is 20.6 Å². The minimum Gasteiger partial charge on any atom is -0.370 e. The Morgan fingerprint density at radius 2 is 1.78 bits per heavy atom. The summed E-state index contributed by atoms with van der Waals surface area (Å²) in [6, 6.07) is 1.39. The highest BCUT2D eigenvalue weighted by molar-refractivity contribution is 5.47. The van der Waals surface area contributed by atoms with Crippen molar-refractivity contribution in [1.82, 2.24) is 9.97 Å². The molecule has 0 aliphatic heterocycles. The molecule has 4 nitrogen and oxygen atoms in total. The number of hydrogen-bond donors (Lipinski definition) is 2. The molecule has 0 atom stereocenters. The predicted molar refractivity (Wildman–Crippen MR) is 60.4 cm³/mol. The fourth-order valence-corrected chi connectivity index (χ4v) is 1.22. The van der Waals surface area contributed by atoms with Gasteiger partial charge in [-0.05, 0) is 13.8 Å². The van der Waals surface area contributed by atoms with Crippen LogP contribution in [0.15, 0.2) is 6.07 Å². The van der Waals surface area contributed by atoms with Gasteiger partial charge in [0.1, 0.15) is 17.5 Å². The van der Waals surface area contributed by atoms with E-state index in [0.29, 0.717) is 18.2 Å². The van der Waals surface area contributed by atoms with Crippen LogP contribution in [0.5, 0.6) is 0 Å². The lowest BCUT2D eigenvalue weighted by atomic mass is 10.3. The van der Waals surface area contributed by atoms with E-state index in [0.717, 1.165) is 0 Å². The first kappa shape index (κ1) is 14.5. The summed E-state index contributed by atoms with van der Waals surface area (Å²) in [5.41, 5.74) is 0. The zero-order chi connectivity index (χ0) is 13.8. The van der Waals surface area contributed by atoms with Crippen molar-refractivity contribution in [3.63, 3.8) is 0 Å². The van der Waals surface area contributed by atoms with Crippen LogP contribution < -0.4 is 10.6 Å². The van der Waals surface area contributed by atoms with Crippen molar-refractivity contribution >= 4 is 11.6 Å². The Morgan fingerprint density at radius 3 is 2.28 bits per heavy atom. The van der Waals surface area contributed by atoms with Crippen LogP contribution in [0.4, 0.5) is 29.2 Å². The van der Waals surface area contributed by atoms with E-state index in [-0.39, 0.29) is 5.82 Å². The molecule has 0 fully saturated rings. The normalized spacial score (nSPS) is 11.7. The maximum absolute atomic E-state index is 12.7. The maximum Gasteiger partial charge on any atom is 0.324 e. The molecule has 0 radical (unpaired) electrons. The Hall–Kier alpha value is -1.60. The van der Waals surface area contributed by atoms with Crippen molar-refractivity contribution < 1.29 is 17.6 Å². The number of alkyl halides is 4. The highest BCUT2D eigenvalue weighted by Gasteiger charge is 2.40. The summed E-state index contributed by atoms with van der Waals surface area (Å²) in [6.07, 6.45) is -3.71. The third-order valence-corrected chi connectivity index (χ3v) is 2.02. The summed E-state index contributed by atoms with van der Waals surface area (Å²) in [7, 11) is 0. The monoisotopic (exact) mass is 266 g/mol. The highest BCUT2D eigenvalue weighted by atomic mass is 19.3. The number of nitrogens with one attached hydrogen (secondary N) is 2. The Bertz CT molecular complexity index is 397. The zero-order valence-corrected chi connectivity index (χ0v) is 9.98. The minimum atomic E-state index is -4.09. The van der Waals surface area contributed by atoms with Gasteiger partial charge in [-0.3, -0.25) is 0 Å². The van der Waals surface area contributed by atoms with Crippen LogP contribution in [-0.4, -0.2) is 35.4 Å². The number of anilines is 2. The second kappa shape index (κ2) is 5.83. The SMILES string of the molecule is CCNc1cc(NCC(F)(F)C(F)F)nc(C)n1. The van der Waals surface area contributed by atoms with Crippen LogP contribution in [0, 0.1) is 6.92 Å². The number of aromatic nitrogens is 2. The molecule has 0 aliphatic carbocycles. The molecule has 1 rings (SSSR count). The standard InChI is InChI=1S/C10H14F4N4/c1-3-15-7-4-8(18-6(2)17-7)16-5-10(13,14)9(11)12/h4,9H,3,5H2,1-2H3,(H2,15,16,17,18). The van der Waals surface area contributed by atoms with Crippen LogP contribution in [-0.2, 0) is 0 Å². The zero-order valence-electron chi connectivity index (χ0n) is 9.98. The molecule has 18 heavy (non-hydrogen) atoms. The Morgan fingerprint density at radius 1 is 1.22 bits per heavy atom. The van der Waals surface area contributed by atoms with Gasteiger partial charge in [0.15, 0.2) is 0 Å². The first-order valence-corrected chi connectivity index (χ1v) is 5.34. The average Bonchev–Trinajstić information content (AvgIpc) is 2.26. The van der Waals surface area contributed by atoms with E-state index in [4.69, 9.17) is 0 Å². The third kappa shape index (κ3) is 4.01. The number of hydrogen-bond acceptors (Lipinski definition) is 4. The van der Waals surface area contributed by atoms with Gasteiger partial charge in [-0.25, -0.2) is 18.7 Å². The summed E-state index contributed by atoms with van der Waals surface area (Å²) < 4.78 is 49.3. The molecule has 1 aromatic rings. The fourth-order valence-electron chi connectivity index (χ4n) is 1.22. The molecule has 0 aromatic carbocycles. The lowest BCUT2D eigenvalue weighted by Crippen LogP contribution is -2.35. The molecule has 1 heterocycles. The van der Waals surface area contributed by atoms with Gasteiger partial charge >= 0.3 is 12.3 Å². The number of rotatable bonds is 6. The van der Waals surface area contributed by atoms with Gasteiger partial charge in [0.25, 0.3) is 0 Å². The molecule has 0 spiro atoms. The molecule has 0 aliphatic rings. The molecule has 1 aromatic heterocycles. The van der Waals surface area contributed by atoms with Gasteiger partial charge < -0.3 is 10.6 Å². The summed E-state index contributed by atoms with van der Waals surface area (Å²) in [5, 5.41) is 5.07. The van der Waals surface area contributed by atoms with Gasteiger partial charge in [-0.15, -0.1) is 0 Å². The second-order valence-corrected chi connectivity index (χ2v) is 3.63. The van der Waals surface area contributed by atoms with Crippen molar-refractivity contribution in [1.29, 1.82) is 0 Å². The molecule has 0 unspecified atom stereocenters. The minimum absolute atomic E-state index is 0.0822. The van der Waals surface area contributed by atoms with Crippen LogP contribution in [0.25, 0.3) is 0 Å². The van der Waals surface area contributed by atoms with Crippen molar-refractivity contribution in [2.24, 2.45) is 0 Å². The van der Waals surface area contributed by atoms with Crippen molar-refractivity contribution in [3.8, 4) is 0 Å². The Balaban J connectivity index is 2.73. The topological polar surface area (TPSA) is 49.8 Å². The van der Waals surface area contributed by atoms with E-state index < -0.39 is 18.9 Å². The van der Waals surface area contributed by atoms with Gasteiger partial charge in [0, 0.05) is 12.6 Å². The van der Waals surface area contributed by atoms with Crippen LogP contribution >= 0.6 is 0 Å². The van der Waals surface area contributed by atoms with E-state index >= 15 is 0 Å². The molecular weight excluding hydrogens is 252 g/mol. The number of aryl methyl sites for hydroxylation is 1. The first-order chi connectivity index (χ1) is 8.35. The van der Waals surface area contributed by atoms with Crippen molar-refractivity contribution in [2.45, 2.75) is 26.2 Å². The second-order valence-electron chi connectivity index (χ2n) is 3.63. The fraction of sp³-hybridized carbons (Fsp3) is 0.600. The van der Waals surface area contributed by atoms with E-state index in [1.807, 2.05) is 6.92 Å². The lowest BCUT2D eigenvalue weighted by molar-refractivity contribution is -0.117. The lowest BCUT2D eigenvalue weighted by Gasteiger charge is -2.16. The molecule has 0 saturated carbocycles. The molecule has 2 N–H and O–H groups in total. The van der Waals surface area contributed by atoms with Gasteiger partial charge in [0.05, 0.1) is 6.54 Å². The maximum atomic E-state index is 12.7. The molecular formula is C10H14F4N4. The Labute approximate surface area is 102 Å². The van der Waals surface area contributed by atoms with Crippen LogP contribution in [0.2, 0.25) is 0 Å². The summed E-state index contributed by atoms with van der Waals surface area (Å²) >= 11 is 0. The van der Waals surface area contributed by atoms with Gasteiger partial charge in [0.2, 0.25) is 0 Å². The molecule has 0 amide bonds. The van der Waals surface area contributed by atoms with Gasteiger partial charge in [-0.1, -0.05) is 0 Å². The quantitative estimate of drug-likeness (QED) is 0.777.